The van der Waals surface area contributed by atoms with Crippen molar-refractivity contribution >= 4 is 34.8 Å². The summed E-state index contributed by atoms with van der Waals surface area (Å²) in [5, 5.41) is 11.8. The number of fused-ring (bicyclic) bond motifs is 1. The Kier molecular flexibility index (Phi) is 6.96. The van der Waals surface area contributed by atoms with Crippen LogP contribution in [0.5, 0.6) is 0 Å². The van der Waals surface area contributed by atoms with Crippen LogP contribution in [0, 0.1) is 5.92 Å². The average Bonchev–Trinajstić information content (AvgIpc) is 3.24. The fraction of sp³-hybridized carbons (Fsp3) is 0.208. The van der Waals surface area contributed by atoms with E-state index in [1.807, 2.05) is 13.8 Å². The number of hydrogen-bond donors (Lipinski definition) is 4. The molecule has 0 aliphatic heterocycles. The molecule has 13 heteroatoms. The molecule has 0 spiro atoms. The van der Waals surface area contributed by atoms with E-state index in [9.17, 15) is 22.8 Å². The molecule has 0 aliphatic rings. The summed E-state index contributed by atoms with van der Waals surface area (Å²) >= 11 is 0. The Morgan fingerprint density at radius 3 is 2.49 bits per heavy atom. The van der Waals surface area contributed by atoms with Crippen LogP contribution in [0.25, 0.3) is 16.6 Å². The van der Waals surface area contributed by atoms with E-state index in [1.54, 1.807) is 30.5 Å². The molecule has 3 amide bonds. The van der Waals surface area contributed by atoms with Gasteiger partial charge in [0.1, 0.15) is 23.4 Å². The number of carbonyl (C=O) groups excluding carboxylic acids is 2. The first-order chi connectivity index (χ1) is 17.5. The van der Waals surface area contributed by atoms with Crippen molar-refractivity contribution in [1.82, 2.24) is 24.9 Å². The molecule has 0 saturated heterocycles. The summed E-state index contributed by atoms with van der Waals surface area (Å²) in [6, 6.07) is 8.91. The Morgan fingerprint density at radius 1 is 1.08 bits per heavy atom. The first-order valence-corrected chi connectivity index (χ1v) is 11.2. The van der Waals surface area contributed by atoms with Gasteiger partial charge in [-0.05, 0) is 35.7 Å². The van der Waals surface area contributed by atoms with Crippen LogP contribution in [-0.4, -0.2) is 38.1 Å². The molecule has 4 aromatic rings. The van der Waals surface area contributed by atoms with Gasteiger partial charge in [0.25, 0.3) is 5.91 Å². The highest BCUT2D eigenvalue weighted by atomic mass is 19.4. The highest BCUT2D eigenvalue weighted by Crippen LogP contribution is 2.33. The Bertz CT molecular complexity index is 1450. The molecule has 0 fully saturated rings. The molecule has 5 N–H and O–H groups in total. The number of nitrogens with one attached hydrogen (secondary N) is 3. The number of urea groups is 1. The van der Waals surface area contributed by atoms with E-state index in [1.165, 1.54) is 16.9 Å². The minimum atomic E-state index is -4.63. The normalized spacial score (nSPS) is 11.5. The third-order valence-corrected chi connectivity index (χ3v) is 5.23. The van der Waals surface area contributed by atoms with Crippen molar-refractivity contribution in [3.05, 3.63) is 66.2 Å². The van der Waals surface area contributed by atoms with Crippen molar-refractivity contribution in [3.63, 3.8) is 0 Å². The monoisotopic (exact) mass is 512 g/mol. The van der Waals surface area contributed by atoms with Crippen LogP contribution >= 0.6 is 0 Å². The molecule has 37 heavy (non-hydrogen) atoms. The fourth-order valence-corrected chi connectivity index (χ4v) is 3.55. The van der Waals surface area contributed by atoms with Gasteiger partial charge in [-0.15, -0.1) is 0 Å². The predicted octanol–water partition coefficient (Wildman–Crippen LogP) is 4.42. The summed E-state index contributed by atoms with van der Waals surface area (Å²) in [7, 11) is 0. The van der Waals surface area contributed by atoms with Crippen molar-refractivity contribution < 1.29 is 22.8 Å². The maximum absolute atomic E-state index is 12.9. The zero-order chi connectivity index (χ0) is 26.7. The van der Waals surface area contributed by atoms with E-state index >= 15 is 0 Å². The molecule has 4 rings (SSSR count). The quantitative estimate of drug-likeness (QED) is 0.302. The maximum Gasteiger partial charge on any atom is 0.433 e. The van der Waals surface area contributed by atoms with Crippen LogP contribution in [0.4, 0.5) is 35.3 Å². The van der Waals surface area contributed by atoms with Crippen LogP contribution in [0.2, 0.25) is 0 Å². The molecule has 192 valence electrons. The number of benzene rings is 1. The van der Waals surface area contributed by atoms with Gasteiger partial charge in [0.05, 0.1) is 5.56 Å². The number of aromatic nitrogens is 4. The molecule has 0 saturated carbocycles. The van der Waals surface area contributed by atoms with Crippen LogP contribution in [0.3, 0.4) is 0 Å². The first kappa shape index (κ1) is 25.4. The molecule has 1 aromatic carbocycles. The van der Waals surface area contributed by atoms with Gasteiger partial charge in [0.2, 0.25) is 0 Å². The number of hydrogen-bond acceptors (Lipinski definition) is 6. The van der Waals surface area contributed by atoms with Gasteiger partial charge in [-0.1, -0.05) is 32.0 Å². The number of halogens is 3. The largest absolute Gasteiger partial charge is 0.433 e. The predicted molar refractivity (Wildman–Crippen MR) is 132 cm³/mol. The highest BCUT2D eigenvalue weighted by molar-refractivity contribution is 6.07. The molecular weight excluding hydrogens is 489 g/mol. The standard InChI is InChI=1S/C24H23F3N8O2/c1-13(2)10-29-22(36)16-11-35-20(21(28)30-12-31-35)19(16)14-6-8-15(9-7-14)32-23(37)34-18-5-3-4-17(33-18)24(25,26)27/h3-9,11-13H,10H2,1-2H3,(H,29,36)(H2,28,30,31)(H2,32,33,34,37). The van der Waals surface area contributed by atoms with Crippen molar-refractivity contribution in [2.24, 2.45) is 5.92 Å². The van der Waals surface area contributed by atoms with E-state index in [-0.39, 0.29) is 23.5 Å². The second-order valence-corrected chi connectivity index (χ2v) is 8.52. The SMILES string of the molecule is CC(C)CNC(=O)c1cn2ncnc(N)c2c1-c1ccc(NC(=O)Nc2cccc(C(F)(F)F)n2)cc1. The lowest BCUT2D eigenvalue weighted by molar-refractivity contribution is -0.141. The van der Waals surface area contributed by atoms with Gasteiger partial charge in [0.15, 0.2) is 5.82 Å². The van der Waals surface area contributed by atoms with Crippen LogP contribution < -0.4 is 21.7 Å². The van der Waals surface area contributed by atoms with E-state index in [2.05, 4.69) is 31.0 Å². The fourth-order valence-electron chi connectivity index (χ4n) is 3.55. The van der Waals surface area contributed by atoms with Crippen LogP contribution in [-0.2, 0) is 6.18 Å². The number of pyridine rings is 1. The lowest BCUT2D eigenvalue weighted by Crippen LogP contribution is -2.27. The Balaban J connectivity index is 1.57. The van der Waals surface area contributed by atoms with E-state index in [4.69, 9.17) is 5.73 Å². The molecule has 0 radical (unpaired) electrons. The van der Waals surface area contributed by atoms with Crippen molar-refractivity contribution in [3.8, 4) is 11.1 Å². The topological polar surface area (TPSA) is 139 Å². The summed E-state index contributed by atoms with van der Waals surface area (Å²) in [6.07, 6.45) is -1.78. The number of amides is 3. The van der Waals surface area contributed by atoms with Gasteiger partial charge in [-0.2, -0.15) is 18.3 Å². The van der Waals surface area contributed by atoms with Crippen molar-refractivity contribution in [2.45, 2.75) is 20.0 Å². The average molecular weight is 512 g/mol. The summed E-state index contributed by atoms with van der Waals surface area (Å²) in [5.74, 6) is -0.125. The lowest BCUT2D eigenvalue weighted by atomic mass is 10.0. The van der Waals surface area contributed by atoms with E-state index in [0.717, 1.165) is 12.1 Å². The lowest BCUT2D eigenvalue weighted by Gasteiger charge is -2.11. The number of nitrogen functional groups attached to an aromatic ring is 1. The summed E-state index contributed by atoms with van der Waals surface area (Å²) in [4.78, 5) is 32.7. The number of nitrogens with two attached hydrogens (primary N) is 1. The molecule has 0 bridgehead atoms. The van der Waals surface area contributed by atoms with Gasteiger partial charge in [0, 0.05) is 24.0 Å². The number of anilines is 3. The number of rotatable bonds is 6. The third kappa shape index (κ3) is 5.77. The smallest absolute Gasteiger partial charge is 0.382 e. The van der Waals surface area contributed by atoms with Gasteiger partial charge in [-0.3, -0.25) is 10.1 Å². The Labute approximate surface area is 209 Å². The molecule has 0 unspecified atom stereocenters. The molecule has 0 aliphatic carbocycles. The second kappa shape index (κ2) is 10.1. The third-order valence-electron chi connectivity index (χ3n) is 5.23. The summed E-state index contributed by atoms with van der Waals surface area (Å²) < 4.78 is 40.0. The minimum absolute atomic E-state index is 0.183. The van der Waals surface area contributed by atoms with Crippen molar-refractivity contribution in [1.29, 1.82) is 0 Å². The van der Waals surface area contributed by atoms with E-state index < -0.39 is 17.9 Å². The molecule has 3 aromatic heterocycles. The van der Waals surface area contributed by atoms with Crippen molar-refractivity contribution in [2.75, 3.05) is 22.9 Å². The minimum Gasteiger partial charge on any atom is -0.382 e. The molecular formula is C24H23F3N8O2. The number of carbonyl (C=O) groups is 2. The van der Waals surface area contributed by atoms with Gasteiger partial charge < -0.3 is 16.4 Å². The molecule has 3 heterocycles. The number of alkyl halides is 3. The zero-order valence-corrected chi connectivity index (χ0v) is 19.8. The Hall–Kier alpha value is -4.68. The summed E-state index contributed by atoms with van der Waals surface area (Å²) in [5.41, 5.74) is 7.26. The highest BCUT2D eigenvalue weighted by Gasteiger charge is 2.32. The first-order valence-electron chi connectivity index (χ1n) is 11.2. The zero-order valence-electron chi connectivity index (χ0n) is 19.8. The molecule has 10 nitrogen and oxygen atoms in total. The van der Waals surface area contributed by atoms with Crippen LogP contribution in [0.1, 0.15) is 29.9 Å². The Morgan fingerprint density at radius 2 is 1.81 bits per heavy atom. The maximum atomic E-state index is 12.9. The van der Waals surface area contributed by atoms with Gasteiger partial charge >= 0.3 is 12.2 Å². The van der Waals surface area contributed by atoms with Crippen LogP contribution in [0.15, 0.2) is 55.0 Å². The second-order valence-electron chi connectivity index (χ2n) is 8.52. The van der Waals surface area contributed by atoms with Gasteiger partial charge in [-0.25, -0.2) is 19.3 Å². The van der Waals surface area contributed by atoms with E-state index in [0.29, 0.717) is 34.4 Å². The molecule has 0 atom stereocenters. The summed E-state index contributed by atoms with van der Waals surface area (Å²) in [6.45, 7) is 4.43. The number of nitrogens with zero attached hydrogens (tertiary/aromatic N) is 4.